The van der Waals surface area contributed by atoms with E-state index in [1.165, 1.54) is 5.56 Å². The topological polar surface area (TPSA) is 0 Å². The van der Waals surface area contributed by atoms with Gasteiger partial charge in [-0.15, -0.1) is 0 Å². The van der Waals surface area contributed by atoms with E-state index >= 15 is 0 Å². The van der Waals surface area contributed by atoms with E-state index in [1.807, 2.05) is 0 Å². The minimum Gasteiger partial charge on any atom is -0.0837 e. The lowest BCUT2D eigenvalue weighted by Crippen LogP contribution is -2.21. The Labute approximate surface area is 92.3 Å². The molecule has 0 saturated carbocycles. The fourth-order valence-corrected chi connectivity index (χ4v) is 2.19. The zero-order chi connectivity index (χ0) is 10.7. The zero-order valence-corrected chi connectivity index (χ0v) is 9.48. The van der Waals surface area contributed by atoms with Crippen LogP contribution in [0.2, 0.25) is 0 Å². The summed E-state index contributed by atoms with van der Waals surface area (Å²) in [4.78, 5) is 0. The van der Waals surface area contributed by atoms with Crippen LogP contribution in [0.5, 0.6) is 0 Å². The lowest BCUT2D eigenvalue weighted by Gasteiger charge is -2.33. The molecule has 0 aromatic heterocycles. The summed E-state index contributed by atoms with van der Waals surface area (Å²) in [6.07, 6.45) is 10.0. The highest BCUT2D eigenvalue weighted by atomic mass is 14.3. The molecule has 0 amide bonds. The van der Waals surface area contributed by atoms with Crippen LogP contribution >= 0.6 is 0 Å². The van der Waals surface area contributed by atoms with Crippen molar-refractivity contribution in [3.8, 4) is 0 Å². The molecular weight excluding hydrogens is 180 g/mol. The summed E-state index contributed by atoms with van der Waals surface area (Å²) in [6.45, 7) is 4.66. The van der Waals surface area contributed by atoms with Crippen LogP contribution in [0.15, 0.2) is 54.6 Å². The molecule has 0 heterocycles. The second-order valence-corrected chi connectivity index (χ2v) is 4.63. The highest BCUT2D eigenvalue weighted by Gasteiger charge is 2.28. The van der Waals surface area contributed by atoms with Gasteiger partial charge in [-0.1, -0.05) is 68.5 Å². The van der Waals surface area contributed by atoms with Crippen LogP contribution in [0.3, 0.4) is 0 Å². The Morgan fingerprint density at radius 1 is 1.13 bits per heavy atom. The molecule has 1 aromatic rings. The van der Waals surface area contributed by atoms with E-state index in [0.717, 1.165) is 6.42 Å². The summed E-state index contributed by atoms with van der Waals surface area (Å²) >= 11 is 0. The quantitative estimate of drug-likeness (QED) is 0.664. The monoisotopic (exact) mass is 198 g/mol. The summed E-state index contributed by atoms with van der Waals surface area (Å²) in [7, 11) is 0. The fourth-order valence-electron chi connectivity index (χ4n) is 2.19. The Balaban J connectivity index is 2.24. The van der Waals surface area contributed by atoms with Crippen LogP contribution in [0.4, 0.5) is 0 Å². The molecule has 0 bridgehead atoms. The average Bonchev–Trinajstić information content (AvgIpc) is 2.30. The molecule has 78 valence electrons. The molecule has 1 aliphatic carbocycles. The van der Waals surface area contributed by atoms with Crippen molar-refractivity contribution in [2.45, 2.75) is 26.2 Å². The van der Waals surface area contributed by atoms with Gasteiger partial charge >= 0.3 is 0 Å². The van der Waals surface area contributed by atoms with Crippen molar-refractivity contribution >= 4 is 0 Å². The first-order valence-electron chi connectivity index (χ1n) is 5.62. The first kappa shape index (κ1) is 10.2. The average molecular weight is 198 g/mol. The highest BCUT2D eigenvalue weighted by Crippen LogP contribution is 2.41. The Bertz CT molecular complexity index is 372. The van der Waals surface area contributed by atoms with Gasteiger partial charge in [-0.2, -0.15) is 0 Å². The lowest BCUT2D eigenvalue weighted by molar-refractivity contribution is 0.355. The molecule has 1 aliphatic rings. The van der Waals surface area contributed by atoms with Gasteiger partial charge < -0.3 is 0 Å². The van der Waals surface area contributed by atoms with Gasteiger partial charge in [-0.25, -0.2) is 0 Å². The third-order valence-corrected chi connectivity index (χ3v) is 3.57. The highest BCUT2D eigenvalue weighted by molar-refractivity contribution is 5.27. The molecule has 15 heavy (non-hydrogen) atoms. The van der Waals surface area contributed by atoms with E-state index < -0.39 is 0 Å². The van der Waals surface area contributed by atoms with Crippen LogP contribution in [-0.4, -0.2) is 0 Å². The summed E-state index contributed by atoms with van der Waals surface area (Å²) in [5.74, 6) is 0.569. The van der Waals surface area contributed by atoms with E-state index in [9.17, 15) is 0 Å². The van der Waals surface area contributed by atoms with Crippen molar-refractivity contribution < 1.29 is 0 Å². The van der Waals surface area contributed by atoms with Gasteiger partial charge in [0.2, 0.25) is 0 Å². The molecule has 2 unspecified atom stereocenters. The van der Waals surface area contributed by atoms with E-state index in [2.05, 4.69) is 68.5 Å². The fraction of sp³-hybridized carbons (Fsp3) is 0.333. The van der Waals surface area contributed by atoms with Gasteiger partial charge in [0, 0.05) is 0 Å². The van der Waals surface area contributed by atoms with Gasteiger partial charge in [0.25, 0.3) is 0 Å². The van der Waals surface area contributed by atoms with Crippen molar-refractivity contribution in [1.82, 2.24) is 0 Å². The number of rotatable bonds is 2. The summed E-state index contributed by atoms with van der Waals surface area (Å²) in [6, 6.07) is 10.8. The Kier molecular flexibility index (Phi) is 2.77. The minimum atomic E-state index is 0.274. The number of allylic oxidation sites excluding steroid dienone is 4. The smallest absolute Gasteiger partial charge is 0.00429 e. The Morgan fingerprint density at radius 2 is 1.87 bits per heavy atom. The molecule has 0 heteroatoms. The molecule has 1 aromatic carbocycles. The van der Waals surface area contributed by atoms with Crippen molar-refractivity contribution in [3.63, 3.8) is 0 Å². The van der Waals surface area contributed by atoms with Crippen molar-refractivity contribution in [1.29, 1.82) is 0 Å². The van der Waals surface area contributed by atoms with E-state index in [1.54, 1.807) is 0 Å². The maximum atomic E-state index is 2.34. The standard InChI is InChI=1S/C15H18/c1-13(14-9-5-3-6-10-14)15(2)11-7-4-8-12-15/h3-11,13H,12H2,1-2H3. The van der Waals surface area contributed by atoms with Crippen LogP contribution in [0.25, 0.3) is 0 Å². The molecule has 0 fully saturated rings. The van der Waals surface area contributed by atoms with Gasteiger partial charge in [-0.3, -0.25) is 0 Å². The molecule has 0 radical (unpaired) electrons. The molecule has 2 atom stereocenters. The molecular formula is C15H18. The number of hydrogen-bond donors (Lipinski definition) is 0. The number of hydrogen-bond acceptors (Lipinski definition) is 0. The van der Waals surface area contributed by atoms with E-state index in [-0.39, 0.29) is 5.41 Å². The Hall–Kier alpha value is -1.30. The van der Waals surface area contributed by atoms with Crippen LogP contribution < -0.4 is 0 Å². The van der Waals surface area contributed by atoms with Crippen molar-refractivity contribution in [3.05, 3.63) is 60.2 Å². The summed E-state index contributed by atoms with van der Waals surface area (Å²) in [5, 5.41) is 0. The third kappa shape index (κ3) is 2.04. The molecule has 0 N–H and O–H groups in total. The van der Waals surface area contributed by atoms with Crippen molar-refractivity contribution in [2.24, 2.45) is 5.41 Å². The predicted octanol–water partition coefficient (Wildman–Crippen LogP) is 4.31. The maximum absolute atomic E-state index is 2.34. The van der Waals surface area contributed by atoms with Crippen LogP contribution in [-0.2, 0) is 0 Å². The molecule has 0 nitrogen and oxygen atoms in total. The first-order valence-corrected chi connectivity index (χ1v) is 5.62. The molecule has 2 rings (SSSR count). The minimum absolute atomic E-state index is 0.274. The molecule has 0 saturated heterocycles. The van der Waals surface area contributed by atoms with Gasteiger partial charge in [0.1, 0.15) is 0 Å². The molecule has 0 spiro atoms. The van der Waals surface area contributed by atoms with Crippen LogP contribution in [0.1, 0.15) is 31.7 Å². The second kappa shape index (κ2) is 4.06. The normalized spacial score (nSPS) is 26.5. The lowest BCUT2D eigenvalue weighted by atomic mass is 9.71. The summed E-state index contributed by atoms with van der Waals surface area (Å²) < 4.78 is 0. The van der Waals surface area contributed by atoms with E-state index in [0.29, 0.717) is 5.92 Å². The van der Waals surface area contributed by atoms with Gasteiger partial charge in [-0.05, 0) is 23.3 Å². The van der Waals surface area contributed by atoms with Gasteiger partial charge in [0.05, 0.1) is 0 Å². The largest absolute Gasteiger partial charge is 0.0837 e. The van der Waals surface area contributed by atoms with E-state index in [4.69, 9.17) is 0 Å². The molecule has 0 aliphatic heterocycles. The SMILES string of the molecule is CC(c1ccccc1)C1(C)C=CC=CC1. The Morgan fingerprint density at radius 3 is 2.47 bits per heavy atom. The second-order valence-electron chi connectivity index (χ2n) is 4.63. The third-order valence-electron chi connectivity index (χ3n) is 3.57. The van der Waals surface area contributed by atoms with Crippen molar-refractivity contribution in [2.75, 3.05) is 0 Å². The first-order chi connectivity index (χ1) is 7.22. The van der Waals surface area contributed by atoms with Crippen LogP contribution in [0, 0.1) is 5.41 Å². The van der Waals surface area contributed by atoms with Gasteiger partial charge in [0.15, 0.2) is 0 Å². The predicted molar refractivity (Wildman–Crippen MR) is 65.9 cm³/mol. The zero-order valence-electron chi connectivity index (χ0n) is 9.48. The number of benzene rings is 1. The maximum Gasteiger partial charge on any atom is -0.00429 e. The summed E-state index contributed by atoms with van der Waals surface area (Å²) in [5.41, 5.74) is 1.70.